The molecule has 2 aromatic rings. The second-order valence-electron chi connectivity index (χ2n) is 6.47. The first-order chi connectivity index (χ1) is 13.4. The second-order valence-corrected chi connectivity index (χ2v) is 7.31. The van der Waals surface area contributed by atoms with Gasteiger partial charge in [0.25, 0.3) is 0 Å². The van der Waals surface area contributed by atoms with Crippen molar-refractivity contribution in [1.29, 1.82) is 0 Å². The van der Waals surface area contributed by atoms with Gasteiger partial charge in [-0.25, -0.2) is 4.79 Å². The minimum absolute atomic E-state index is 0. The Kier molecular flexibility index (Phi) is 11.2. The lowest BCUT2D eigenvalue weighted by Gasteiger charge is -2.13. The van der Waals surface area contributed by atoms with E-state index in [1.54, 1.807) is 19.2 Å². The van der Waals surface area contributed by atoms with Crippen molar-refractivity contribution in [2.45, 2.75) is 33.0 Å². The molecular formula is C20H26Cl2IN5O. The number of halogens is 3. The van der Waals surface area contributed by atoms with Gasteiger partial charge in [-0.3, -0.25) is 4.99 Å². The lowest BCUT2D eigenvalue weighted by molar-refractivity contribution is 0.250. The molecule has 4 N–H and O–H groups in total. The molecule has 0 heterocycles. The first kappa shape index (κ1) is 25.3. The van der Waals surface area contributed by atoms with Crippen LogP contribution >= 0.6 is 47.2 Å². The normalized spacial score (nSPS) is 10.9. The predicted octanol–water partition coefficient (Wildman–Crippen LogP) is 5.01. The lowest BCUT2D eigenvalue weighted by atomic mass is 10.2. The number of hydrogen-bond donors (Lipinski definition) is 4. The Bertz CT molecular complexity index is 828. The number of carbonyl (C=O) groups excluding carboxylic acids is 1. The lowest BCUT2D eigenvalue weighted by Crippen LogP contribution is -2.36. The number of benzene rings is 2. The van der Waals surface area contributed by atoms with Gasteiger partial charge in [-0.05, 0) is 49.2 Å². The van der Waals surface area contributed by atoms with Gasteiger partial charge in [0.15, 0.2) is 5.96 Å². The fraction of sp³-hybridized carbons (Fsp3) is 0.300. The van der Waals surface area contributed by atoms with Gasteiger partial charge in [0.1, 0.15) is 0 Å². The van der Waals surface area contributed by atoms with Crippen LogP contribution in [0.4, 0.5) is 10.5 Å². The second kappa shape index (κ2) is 12.8. The van der Waals surface area contributed by atoms with E-state index < -0.39 is 0 Å². The zero-order valence-electron chi connectivity index (χ0n) is 16.6. The third-order valence-corrected chi connectivity index (χ3v) is 4.36. The van der Waals surface area contributed by atoms with E-state index in [2.05, 4.69) is 26.3 Å². The van der Waals surface area contributed by atoms with Crippen molar-refractivity contribution >= 4 is 64.9 Å². The molecule has 6 nitrogen and oxygen atoms in total. The number of hydrogen-bond acceptors (Lipinski definition) is 2. The number of aliphatic imine (C=N–C) groups is 1. The van der Waals surface area contributed by atoms with Crippen molar-refractivity contribution in [2.75, 3.05) is 12.4 Å². The molecule has 9 heteroatoms. The van der Waals surface area contributed by atoms with Gasteiger partial charge in [-0.15, -0.1) is 24.0 Å². The molecule has 2 amide bonds. The number of anilines is 1. The smallest absolute Gasteiger partial charge is 0.319 e. The third kappa shape index (κ3) is 9.10. The number of guanidine groups is 1. The number of rotatable bonds is 6. The number of nitrogens with zero attached hydrogens (tertiary/aromatic N) is 1. The standard InChI is InChI=1S/C20H25Cl2N5O.HI/c1-13(2)26-20(28)27-17-8-4-14(5-9-17)11-24-19(23-3)25-12-15-6-7-16(21)10-18(15)22;/h4-10,13H,11-12H2,1-3H3,(H2,23,24,25)(H2,26,27,28);1H. The predicted molar refractivity (Wildman–Crippen MR) is 133 cm³/mol. The van der Waals surface area contributed by atoms with Crippen molar-refractivity contribution in [2.24, 2.45) is 4.99 Å². The Labute approximate surface area is 198 Å². The molecule has 158 valence electrons. The first-order valence-electron chi connectivity index (χ1n) is 8.92. The van der Waals surface area contributed by atoms with E-state index in [0.717, 1.165) is 16.8 Å². The van der Waals surface area contributed by atoms with Crippen LogP contribution in [-0.2, 0) is 13.1 Å². The minimum atomic E-state index is -0.216. The Morgan fingerprint density at radius 2 is 1.69 bits per heavy atom. The highest BCUT2D eigenvalue weighted by molar-refractivity contribution is 14.0. The van der Waals surface area contributed by atoms with Gasteiger partial charge in [-0.1, -0.05) is 41.4 Å². The van der Waals surface area contributed by atoms with Crippen molar-refractivity contribution < 1.29 is 4.79 Å². The molecule has 0 aliphatic rings. The van der Waals surface area contributed by atoms with Crippen LogP contribution in [0.5, 0.6) is 0 Å². The van der Waals surface area contributed by atoms with Crippen LogP contribution in [0.1, 0.15) is 25.0 Å². The summed E-state index contributed by atoms with van der Waals surface area (Å²) >= 11 is 12.1. The average molecular weight is 550 g/mol. The van der Waals surface area contributed by atoms with Crippen LogP contribution in [0.2, 0.25) is 10.0 Å². The molecular weight excluding hydrogens is 524 g/mol. The van der Waals surface area contributed by atoms with Crippen molar-refractivity contribution in [3.63, 3.8) is 0 Å². The zero-order chi connectivity index (χ0) is 20.5. The molecule has 0 unspecified atom stereocenters. The fourth-order valence-corrected chi connectivity index (χ4v) is 2.86. The van der Waals surface area contributed by atoms with Gasteiger partial charge in [-0.2, -0.15) is 0 Å². The SMILES string of the molecule is CN=C(NCc1ccc(NC(=O)NC(C)C)cc1)NCc1ccc(Cl)cc1Cl.I. The maximum absolute atomic E-state index is 11.7. The van der Waals surface area contributed by atoms with Crippen LogP contribution in [0.25, 0.3) is 0 Å². The van der Waals surface area contributed by atoms with Gasteiger partial charge in [0.05, 0.1) is 0 Å². The molecule has 0 spiro atoms. The molecule has 29 heavy (non-hydrogen) atoms. The summed E-state index contributed by atoms with van der Waals surface area (Å²) in [6, 6.07) is 12.9. The van der Waals surface area contributed by atoms with E-state index >= 15 is 0 Å². The number of carbonyl (C=O) groups is 1. The summed E-state index contributed by atoms with van der Waals surface area (Å²) in [7, 11) is 1.71. The van der Waals surface area contributed by atoms with Gasteiger partial charge in [0, 0.05) is 41.9 Å². The average Bonchev–Trinajstić information content (AvgIpc) is 2.63. The number of nitrogens with one attached hydrogen (secondary N) is 4. The molecule has 0 aromatic heterocycles. The van der Waals surface area contributed by atoms with Crippen molar-refractivity contribution in [1.82, 2.24) is 16.0 Å². The Morgan fingerprint density at radius 1 is 1.03 bits per heavy atom. The number of amides is 2. The third-order valence-electron chi connectivity index (χ3n) is 3.78. The van der Waals surface area contributed by atoms with E-state index in [-0.39, 0.29) is 36.0 Å². The Hall–Kier alpha value is -1.71. The van der Waals surface area contributed by atoms with Crippen LogP contribution in [0.15, 0.2) is 47.5 Å². The fourth-order valence-electron chi connectivity index (χ4n) is 2.39. The molecule has 0 aliphatic heterocycles. The van der Waals surface area contributed by atoms with E-state index in [0.29, 0.717) is 29.1 Å². The summed E-state index contributed by atoms with van der Waals surface area (Å²) in [5, 5.41) is 13.3. The summed E-state index contributed by atoms with van der Waals surface area (Å²) in [5.41, 5.74) is 2.73. The molecule has 0 bridgehead atoms. The largest absolute Gasteiger partial charge is 0.352 e. The highest BCUT2D eigenvalue weighted by Gasteiger charge is 2.05. The Morgan fingerprint density at radius 3 is 2.28 bits per heavy atom. The maximum atomic E-state index is 11.7. The van der Waals surface area contributed by atoms with Crippen molar-refractivity contribution in [3.05, 3.63) is 63.6 Å². The summed E-state index contributed by atoms with van der Waals surface area (Å²) in [4.78, 5) is 15.9. The zero-order valence-corrected chi connectivity index (χ0v) is 20.4. The molecule has 0 saturated heterocycles. The monoisotopic (exact) mass is 549 g/mol. The molecule has 0 aliphatic carbocycles. The van der Waals surface area contributed by atoms with E-state index in [1.165, 1.54) is 0 Å². The van der Waals surface area contributed by atoms with Crippen LogP contribution in [0.3, 0.4) is 0 Å². The van der Waals surface area contributed by atoms with E-state index in [4.69, 9.17) is 23.2 Å². The van der Waals surface area contributed by atoms with E-state index in [9.17, 15) is 4.79 Å². The first-order valence-corrected chi connectivity index (χ1v) is 9.68. The van der Waals surface area contributed by atoms with Crippen molar-refractivity contribution in [3.8, 4) is 0 Å². The quantitative estimate of drug-likeness (QED) is 0.232. The van der Waals surface area contributed by atoms with E-state index in [1.807, 2.05) is 44.2 Å². The molecule has 0 saturated carbocycles. The molecule has 0 fully saturated rings. The van der Waals surface area contributed by atoms with Crippen LogP contribution in [0, 0.1) is 0 Å². The van der Waals surface area contributed by atoms with Gasteiger partial charge >= 0.3 is 6.03 Å². The molecule has 0 atom stereocenters. The number of urea groups is 1. The summed E-state index contributed by atoms with van der Waals surface area (Å²) < 4.78 is 0. The van der Waals surface area contributed by atoms with Crippen LogP contribution in [-0.4, -0.2) is 25.1 Å². The summed E-state index contributed by atoms with van der Waals surface area (Å²) in [6.45, 7) is 4.95. The molecule has 2 rings (SSSR count). The molecule has 2 aromatic carbocycles. The maximum Gasteiger partial charge on any atom is 0.319 e. The summed E-state index contributed by atoms with van der Waals surface area (Å²) in [6.07, 6.45) is 0. The summed E-state index contributed by atoms with van der Waals surface area (Å²) in [5.74, 6) is 0.657. The highest BCUT2D eigenvalue weighted by atomic mass is 127. The molecule has 0 radical (unpaired) electrons. The topological polar surface area (TPSA) is 77.5 Å². The van der Waals surface area contributed by atoms with Gasteiger partial charge < -0.3 is 21.3 Å². The Balaban J connectivity index is 0.00000420. The van der Waals surface area contributed by atoms with Gasteiger partial charge in [0.2, 0.25) is 0 Å². The van der Waals surface area contributed by atoms with Crippen LogP contribution < -0.4 is 21.3 Å². The minimum Gasteiger partial charge on any atom is -0.352 e. The highest BCUT2D eigenvalue weighted by Crippen LogP contribution is 2.20.